The Morgan fingerprint density at radius 3 is 2.38 bits per heavy atom. The Labute approximate surface area is 240 Å². The van der Waals surface area contributed by atoms with Crippen LogP contribution in [0.3, 0.4) is 0 Å². The van der Waals surface area contributed by atoms with E-state index in [9.17, 15) is 32.3 Å². The molecule has 1 aliphatic carbocycles. The first kappa shape index (κ1) is 29.1. The number of hydrogen-bond donors (Lipinski definition) is 3. The summed E-state index contributed by atoms with van der Waals surface area (Å²) in [6.07, 6.45) is 2.33. The molecule has 0 unspecified atom stereocenters. The van der Waals surface area contributed by atoms with E-state index >= 15 is 0 Å². The Morgan fingerprint density at radius 2 is 1.74 bits per heavy atom. The van der Waals surface area contributed by atoms with E-state index in [1.807, 2.05) is 0 Å². The van der Waals surface area contributed by atoms with Gasteiger partial charge < -0.3 is 21.3 Å². The van der Waals surface area contributed by atoms with Crippen LogP contribution in [0.5, 0.6) is 0 Å². The molecule has 4 N–H and O–H groups in total. The number of amides is 3. The van der Waals surface area contributed by atoms with E-state index in [0.29, 0.717) is 30.1 Å². The number of nitrogens with one attached hydrogen (secondary N) is 2. The molecular formula is C31H31F3N4O4. The van der Waals surface area contributed by atoms with Gasteiger partial charge in [0.25, 0.3) is 0 Å². The number of nitrogens with two attached hydrogens (primary N) is 1. The van der Waals surface area contributed by atoms with E-state index in [-0.39, 0.29) is 48.8 Å². The number of hydrogen-bond acceptors (Lipinski definition) is 5. The third kappa shape index (κ3) is 4.66. The predicted molar refractivity (Wildman–Crippen MR) is 148 cm³/mol. The molecule has 11 heteroatoms. The third-order valence-electron chi connectivity index (χ3n) is 8.94. The van der Waals surface area contributed by atoms with Crippen molar-refractivity contribution in [3.8, 4) is 0 Å². The number of carbonyl (C=O) groups is 4. The summed E-state index contributed by atoms with van der Waals surface area (Å²) < 4.78 is 41.3. The van der Waals surface area contributed by atoms with Crippen LogP contribution in [-0.2, 0) is 32.0 Å². The summed E-state index contributed by atoms with van der Waals surface area (Å²) in [4.78, 5) is 54.3. The minimum absolute atomic E-state index is 0.0888. The Morgan fingerprint density at radius 1 is 1.07 bits per heavy atom. The standard InChI is InChI=1S/C31H31F3N4O4/c1-3-30(4-2)25(39)13-24(18-9-20(33)12-21(34)10-18)38(29(30)42)16-26(40)36-22-6-5-17-14-31(15-19(17)11-22)23(7-8-32)27(35)37-28(31)41/h5-12,24H,3-4,13-16,35H2,1-2H3,(H,36,40)(H,37,41)/b8-7-/t24-,31+/m0/s1. The molecule has 3 amide bonds. The summed E-state index contributed by atoms with van der Waals surface area (Å²) in [5, 5.41) is 5.35. The van der Waals surface area contributed by atoms with Crippen molar-refractivity contribution in [2.45, 2.75) is 52.0 Å². The zero-order valence-electron chi connectivity index (χ0n) is 23.2. The summed E-state index contributed by atoms with van der Waals surface area (Å²) in [7, 11) is 0. The molecule has 2 aliphatic heterocycles. The normalized spacial score (nSPS) is 23.2. The van der Waals surface area contributed by atoms with Crippen molar-refractivity contribution >= 4 is 29.2 Å². The van der Waals surface area contributed by atoms with Crippen LogP contribution >= 0.6 is 0 Å². The highest BCUT2D eigenvalue weighted by Crippen LogP contribution is 2.47. The van der Waals surface area contributed by atoms with Gasteiger partial charge in [-0.2, -0.15) is 0 Å². The van der Waals surface area contributed by atoms with Gasteiger partial charge in [0.2, 0.25) is 17.7 Å². The fourth-order valence-electron chi connectivity index (χ4n) is 6.67. The first-order valence-electron chi connectivity index (χ1n) is 13.8. The molecule has 2 atom stereocenters. The summed E-state index contributed by atoms with van der Waals surface area (Å²) in [6, 6.07) is 6.94. The number of ketones is 1. The molecule has 42 heavy (non-hydrogen) atoms. The third-order valence-corrected chi connectivity index (χ3v) is 8.94. The van der Waals surface area contributed by atoms with E-state index in [0.717, 1.165) is 23.3 Å². The van der Waals surface area contributed by atoms with Crippen LogP contribution in [-0.4, -0.2) is 34.9 Å². The van der Waals surface area contributed by atoms with Crippen molar-refractivity contribution in [1.82, 2.24) is 10.2 Å². The van der Waals surface area contributed by atoms with Crippen molar-refractivity contribution in [2.24, 2.45) is 16.6 Å². The van der Waals surface area contributed by atoms with Crippen LogP contribution in [0.2, 0.25) is 0 Å². The minimum atomic E-state index is -1.33. The van der Waals surface area contributed by atoms with Crippen molar-refractivity contribution in [3.63, 3.8) is 0 Å². The predicted octanol–water partition coefficient (Wildman–Crippen LogP) is 4.12. The second kappa shape index (κ2) is 10.8. The number of halogens is 3. The van der Waals surface area contributed by atoms with Crippen molar-refractivity contribution in [1.29, 1.82) is 0 Å². The molecule has 1 fully saturated rings. The van der Waals surface area contributed by atoms with Crippen molar-refractivity contribution in [3.05, 3.63) is 88.5 Å². The number of benzene rings is 2. The van der Waals surface area contributed by atoms with Gasteiger partial charge in [-0.05, 0) is 72.7 Å². The molecule has 0 radical (unpaired) electrons. The number of piperidine rings is 1. The molecular weight excluding hydrogens is 549 g/mol. The fraction of sp³-hybridized carbons (Fsp3) is 0.355. The van der Waals surface area contributed by atoms with Gasteiger partial charge in [0, 0.05) is 23.7 Å². The second-order valence-electron chi connectivity index (χ2n) is 11.1. The van der Waals surface area contributed by atoms with Crippen LogP contribution < -0.4 is 16.4 Å². The highest BCUT2D eigenvalue weighted by Gasteiger charge is 2.52. The van der Waals surface area contributed by atoms with Gasteiger partial charge >= 0.3 is 0 Å². The first-order chi connectivity index (χ1) is 20.0. The van der Waals surface area contributed by atoms with Crippen LogP contribution in [0.4, 0.5) is 18.9 Å². The number of anilines is 1. The Balaban J connectivity index is 1.40. The molecule has 0 bridgehead atoms. The second-order valence-corrected chi connectivity index (χ2v) is 11.1. The molecule has 2 aromatic carbocycles. The Kier molecular flexibility index (Phi) is 7.46. The topological polar surface area (TPSA) is 122 Å². The van der Waals surface area contributed by atoms with E-state index in [2.05, 4.69) is 10.6 Å². The first-order valence-corrected chi connectivity index (χ1v) is 13.8. The molecule has 220 valence electrons. The van der Waals surface area contributed by atoms with Gasteiger partial charge in [-0.25, -0.2) is 13.2 Å². The molecule has 8 nitrogen and oxygen atoms in total. The quantitative estimate of drug-likeness (QED) is 0.426. The van der Waals surface area contributed by atoms with Crippen molar-refractivity contribution < 1.29 is 32.3 Å². The molecule has 0 aromatic heterocycles. The van der Waals surface area contributed by atoms with Gasteiger partial charge in [-0.1, -0.05) is 19.9 Å². The van der Waals surface area contributed by atoms with E-state index in [1.54, 1.807) is 32.0 Å². The molecule has 2 aromatic rings. The zero-order valence-corrected chi connectivity index (χ0v) is 23.2. The SMILES string of the molecule is CCC1(CC)C(=O)C[C@@H](c2cc(F)cc(F)c2)N(CC(=O)Nc2ccc3c(c2)C[C@@]2(C3)C(=O)NC(N)=C2/C=C\F)C1=O. The molecule has 2 heterocycles. The number of fused-ring (bicyclic) bond motifs is 1. The largest absolute Gasteiger partial charge is 0.385 e. The maximum atomic E-state index is 14.1. The molecule has 1 saturated heterocycles. The van der Waals surface area contributed by atoms with Crippen LogP contribution in [0.15, 0.2) is 60.2 Å². The lowest BCUT2D eigenvalue weighted by Gasteiger charge is -2.44. The Bertz CT molecular complexity index is 1540. The highest BCUT2D eigenvalue weighted by molar-refractivity contribution is 6.09. The number of carbonyl (C=O) groups excluding carboxylic acids is 4. The maximum absolute atomic E-state index is 14.1. The summed E-state index contributed by atoms with van der Waals surface area (Å²) >= 11 is 0. The lowest BCUT2D eigenvalue weighted by atomic mass is 9.71. The average molecular weight is 581 g/mol. The summed E-state index contributed by atoms with van der Waals surface area (Å²) in [5.74, 6) is -3.40. The lowest BCUT2D eigenvalue weighted by Crippen LogP contribution is -2.56. The van der Waals surface area contributed by atoms with Crippen LogP contribution in [0, 0.1) is 22.5 Å². The molecule has 3 aliphatic rings. The van der Waals surface area contributed by atoms with Gasteiger partial charge in [0.05, 0.1) is 17.8 Å². The summed E-state index contributed by atoms with van der Waals surface area (Å²) in [6.45, 7) is 2.99. The average Bonchev–Trinajstić information content (AvgIpc) is 3.42. The Hall–Kier alpha value is -4.41. The maximum Gasteiger partial charge on any atom is 0.244 e. The smallest absolute Gasteiger partial charge is 0.244 e. The van der Waals surface area contributed by atoms with Crippen LogP contribution in [0.1, 0.15) is 55.8 Å². The van der Waals surface area contributed by atoms with E-state index in [1.165, 1.54) is 11.0 Å². The summed E-state index contributed by atoms with van der Waals surface area (Å²) in [5.41, 5.74) is 6.03. The van der Waals surface area contributed by atoms with Gasteiger partial charge in [0.1, 0.15) is 29.4 Å². The number of rotatable bonds is 7. The zero-order chi connectivity index (χ0) is 30.4. The highest BCUT2D eigenvalue weighted by atomic mass is 19.1. The number of likely N-dealkylation sites (tertiary alicyclic amines) is 1. The van der Waals surface area contributed by atoms with Gasteiger partial charge in [-0.3, -0.25) is 19.2 Å². The monoisotopic (exact) mass is 580 g/mol. The fourth-order valence-corrected chi connectivity index (χ4v) is 6.67. The molecule has 5 rings (SSSR count). The number of Topliss-reactive ketones (excluding diaryl/α,β-unsaturated/α-hetero) is 1. The number of allylic oxidation sites excluding steroid dienone is 1. The van der Waals surface area contributed by atoms with Gasteiger partial charge in [0.15, 0.2) is 5.78 Å². The van der Waals surface area contributed by atoms with E-state index in [4.69, 9.17) is 5.73 Å². The molecule has 0 saturated carbocycles. The minimum Gasteiger partial charge on any atom is -0.385 e. The van der Waals surface area contributed by atoms with Gasteiger partial charge in [-0.15, -0.1) is 0 Å². The van der Waals surface area contributed by atoms with Crippen LogP contribution in [0.25, 0.3) is 0 Å². The van der Waals surface area contributed by atoms with Crippen molar-refractivity contribution in [2.75, 3.05) is 11.9 Å². The van der Waals surface area contributed by atoms with E-state index < -0.39 is 46.9 Å². The molecule has 1 spiro atoms. The lowest BCUT2D eigenvalue weighted by molar-refractivity contribution is -0.160. The number of nitrogens with zero attached hydrogens (tertiary/aromatic N) is 1.